The third kappa shape index (κ3) is 2.94. The quantitative estimate of drug-likeness (QED) is 0.610. The lowest BCUT2D eigenvalue weighted by atomic mass is 9.63. The maximum Gasteiger partial charge on any atom is 0.314 e. The van der Waals surface area contributed by atoms with Gasteiger partial charge < -0.3 is 19.5 Å². The summed E-state index contributed by atoms with van der Waals surface area (Å²) < 4.78 is 23.1. The SMILES string of the molecule is COC(=O)C1(C2(O)CCN(C(=O)C(F)Cl)CC2)CCOCC1. The van der Waals surface area contributed by atoms with Crippen molar-refractivity contribution >= 4 is 23.5 Å². The van der Waals surface area contributed by atoms with E-state index in [4.69, 9.17) is 21.1 Å². The minimum atomic E-state index is -2.08. The number of carbonyl (C=O) groups excluding carboxylic acids is 2. The summed E-state index contributed by atoms with van der Waals surface area (Å²) in [6.07, 6.45) is 1.09. The number of alkyl halides is 2. The number of likely N-dealkylation sites (tertiary alicyclic amines) is 1. The Morgan fingerprint density at radius 1 is 1.27 bits per heavy atom. The van der Waals surface area contributed by atoms with Gasteiger partial charge in [-0.2, -0.15) is 0 Å². The summed E-state index contributed by atoms with van der Waals surface area (Å²) in [6.45, 7) is 1.05. The van der Waals surface area contributed by atoms with Crippen molar-refractivity contribution in [2.24, 2.45) is 5.41 Å². The molecule has 2 saturated heterocycles. The highest BCUT2D eigenvalue weighted by atomic mass is 35.5. The van der Waals surface area contributed by atoms with Crippen molar-refractivity contribution in [3.8, 4) is 0 Å². The third-order valence-corrected chi connectivity index (χ3v) is 5.09. The Labute approximate surface area is 133 Å². The van der Waals surface area contributed by atoms with Crippen molar-refractivity contribution in [3.05, 3.63) is 0 Å². The number of carbonyl (C=O) groups is 2. The Balaban J connectivity index is 2.16. The number of aliphatic hydroxyl groups is 1. The summed E-state index contributed by atoms with van der Waals surface area (Å²) in [4.78, 5) is 25.2. The normalized spacial score (nSPS) is 25.4. The van der Waals surface area contributed by atoms with E-state index in [9.17, 15) is 19.1 Å². The predicted molar refractivity (Wildman–Crippen MR) is 76.0 cm³/mol. The molecule has 6 nitrogen and oxygen atoms in total. The van der Waals surface area contributed by atoms with E-state index in [0.29, 0.717) is 26.1 Å². The molecule has 1 N–H and O–H groups in total. The monoisotopic (exact) mass is 337 g/mol. The molecule has 22 heavy (non-hydrogen) atoms. The highest BCUT2D eigenvalue weighted by molar-refractivity contribution is 6.29. The van der Waals surface area contributed by atoms with E-state index in [1.54, 1.807) is 0 Å². The molecule has 2 aliphatic rings. The van der Waals surface area contributed by atoms with Crippen LogP contribution in [0.3, 0.4) is 0 Å². The highest BCUT2D eigenvalue weighted by Gasteiger charge is 2.58. The second-order valence-electron chi connectivity index (χ2n) is 5.84. The van der Waals surface area contributed by atoms with Gasteiger partial charge >= 0.3 is 5.97 Å². The fourth-order valence-electron chi connectivity index (χ4n) is 3.49. The fourth-order valence-corrected chi connectivity index (χ4v) is 3.63. The third-order valence-electron chi connectivity index (χ3n) is 4.90. The van der Waals surface area contributed by atoms with Crippen LogP contribution in [-0.2, 0) is 19.1 Å². The molecule has 2 aliphatic heterocycles. The van der Waals surface area contributed by atoms with Crippen molar-refractivity contribution in [2.45, 2.75) is 36.9 Å². The minimum absolute atomic E-state index is 0.155. The number of piperidine rings is 1. The van der Waals surface area contributed by atoms with E-state index in [2.05, 4.69) is 0 Å². The van der Waals surface area contributed by atoms with Crippen LogP contribution in [0.2, 0.25) is 0 Å². The number of rotatable bonds is 3. The van der Waals surface area contributed by atoms with Gasteiger partial charge in [-0.3, -0.25) is 9.59 Å². The van der Waals surface area contributed by atoms with Gasteiger partial charge in [-0.15, -0.1) is 0 Å². The number of halogens is 2. The predicted octanol–water partition coefficient (Wildman–Crippen LogP) is 0.844. The molecule has 0 aromatic heterocycles. The molecule has 0 bridgehead atoms. The molecule has 2 heterocycles. The Bertz CT molecular complexity index is 431. The first-order valence-corrected chi connectivity index (χ1v) is 7.75. The molecule has 0 spiro atoms. The van der Waals surface area contributed by atoms with Gasteiger partial charge in [0.1, 0.15) is 5.41 Å². The lowest BCUT2D eigenvalue weighted by Crippen LogP contribution is -2.61. The van der Waals surface area contributed by atoms with E-state index in [1.165, 1.54) is 12.0 Å². The van der Waals surface area contributed by atoms with E-state index in [-0.39, 0.29) is 25.9 Å². The number of hydrogen-bond donors (Lipinski definition) is 1. The number of amides is 1. The first-order chi connectivity index (χ1) is 10.4. The smallest absolute Gasteiger partial charge is 0.314 e. The van der Waals surface area contributed by atoms with Gasteiger partial charge in [-0.1, -0.05) is 11.6 Å². The van der Waals surface area contributed by atoms with Crippen molar-refractivity contribution in [1.82, 2.24) is 4.90 Å². The summed E-state index contributed by atoms with van der Waals surface area (Å²) in [6, 6.07) is 0. The molecule has 2 fully saturated rings. The van der Waals surface area contributed by atoms with Gasteiger partial charge in [0.2, 0.25) is 0 Å². The van der Waals surface area contributed by atoms with Gasteiger partial charge in [0.05, 0.1) is 12.7 Å². The van der Waals surface area contributed by atoms with Crippen molar-refractivity contribution < 1.29 is 28.6 Å². The van der Waals surface area contributed by atoms with Crippen LogP contribution in [0.5, 0.6) is 0 Å². The minimum Gasteiger partial charge on any atom is -0.469 e. The van der Waals surface area contributed by atoms with Crippen LogP contribution in [0.4, 0.5) is 4.39 Å². The second kappa shape index (κ2) is 6.68. The zero-order chi connectivity index (χ0) is 16.4. The molecule has 0 aromatic carbocycles. The van der Waals surface area contributed by atoms with Crippen LogP contribution in [0.15, 0.2) is 0 Å². The van der Waals surface area contributed by atoms with E-state index < -0.39 is 28.5 Å². The number of hydrogen-bond acceptors (Lipinski definition) is 5. The van der Waals surface area contributed by atoms with Gasteiger partial charge in [0.15, 0.2) is 0 Å². The number of methoxy groups -OCH3 is 1. The van der Waals surface area contributed by atoms with Crippen molar-refractivity contribution in [1.29, 1.82) is 0 Å². The fraction of sp³-hybridized carbons (Fsp3) is 0.857. The molecule has 0 saturated carbocycles. The van der Waals surface area contributed by atoms with E-state index >= 15 is 0 Å². The van der Waals surface area contributed by atoms with Crippen LogP contribution >= 0.6 is 11.6 Å². The first kappa shape index (κ1) is 17.4. The molecule has 2 rings (SSSR count). The van der Waals surface area contributed by atoms with E-state index in [0.717, 1.165) is 0 Å². The maximum atomic E-state index is 12.9. The summed E-state index contributed by atoms with van der Waals surface area (Å²) in [5.74, 6) is -1.26. The summed E-state index contributed by atoms with van der Waals surface area (Å²) in [7, 11) is 1.29. The Hall–Kier alpha value is -0.920. The van der Waals surface area contributed by atoms with Crippen LogP contribution in [0.1, 0.15) is 25.7 Å². The van der Waals surface area contributed by atoms with Crippen LogP contribution in [0, 0.1) is 5.41 Å². The number of nitrogens with zero attached hydrogens (tertiary/aromatic N) is 1. The van der Waals surface area contributed by atoms with Gasteiger partial charge in [0, 0.05) is 26.3 Å². The average Bonchev–Trinajstić information content (AvgIpc) is 2.54. The largest absolute Gasteiger partial charge is 0.469 e. The molecule has 0 aliphatic carbocycles. The first-order valence-electron chi connectivity index (χ1n) is 7.32. The highest BCUT2D eigenvalue weighted by Crippen LogP contribution is 2.47. The molecule has 1 amide bonds. The zero-order valence-corrected chi connectivity index (χ0v) is 13.3. The summed E-state index contributed by atoms with van der Waals surface area (Å²) in [5.41, 5.74) is -4.41. The standard InChI is InChI=1S/C14H21ClFNO5/c1-21-12(19)13(4-8-22-9-5-13)14(20)2-6-17(7-3-14)11(18)10(15)16/h10,20H,2-9H2,1H3. The van der Waals surface area contributed by atoms with Gasteiger partial charge in [-0.05, 0) is 25.7 Å². The summed E-state index contributed by atoms with van der Waals surface area (Å²) in [5, 5.41) is 11.1. The maximum absolute atomic E-state index is 12.9. The van der Waals surface area contributed by atoms with Crippen LogP contribution in [0.25, 0.3) is 0 Å². The van der Waals surface area contributed by atoms with Crippen molar-refractivity contribution in [2.75, 3.05) is 33.4 Å². The Morgan fingerprint density at radius 3 is 2.27 bits per heavy atom. The number of esters is 1. The van der Waals surface area contributed by atoms with Crippen molar-refractivity contribution in [3.63, 3.8) is 0 Å². The Kier molecular flexibility index (Phi) is 5.29. The van der Waals surface area contributed by atoms with Gasteiger partial charge in [-0.25, -0.2) is 4.39 Å². The Morgan fingerprint density at radius 2 is 1.82 bits per heavy atom. The van der Waals surface area contributed by atoms with Crippen LogP contribution < -0.4 is 0 Å². The zero-order valence-electron chi connectivity index (χ0n) is 12.5. The molecular formula is C14H21ClFNO5. The van der Waals surface area contributed by atoms with Gasteiger partial charge in [0.25, 0.3) is 11.5 Å². The number of ether oxygens (including phenoxy) is 2. The summed E-state index contributed by atoms with van der Waals surface area (Å²) >= 11 is 5.17. The molecule has 0 radical (unpaired) electrons. The molecule has 1 unspecified atom stereocenters. The molecular weight excluding hydrogens is 317 g/mol. The van der Waals surface area contributed by atoms with Crippen LogP contribution in [-0.4, -0.2) is 66.5 Å². The molecule has 1 atom stereocenters. The lowest BCUT2D eigenvalue weighted by Gasteiger charge is -2.50. The average molecular weight is 338 g/mol. The lowest BCUT2D eigenvalue weighted by molar-refractivity contribution is -0.196. The van der Waals surface area contributed by atoms with E-state index in [1.807, 2.05) is 0 Å². The topological polar surface area (TPSA) is 76.1 Å². The molecule has 126 valence electrons. The second-order valence-corrected chi connectivity index (χ2v) is 6.23. The molecule has 0 aromatic rings. The molecule has 8 heteroatoms.